The minimum atomic E-state index is -4.89. The lowest BCUT2D eigenvalue weighted by molar-refractivity contribution is -0.404. The number of hydrogen-bond donors (Lipinski definition) is 16. The Balaban J connectivity index is 0.854. The van der Waals surface area contributed by atoms with E-state index in [1.54, 1.807) is 0 Å². The van der Waals surface area contributed by atoms with Crippen LogP contribution in [0, 0.1) is 46.8 Å². The average Bonchev–Trinajstić information content (AvgIpc) is 1.16. The van der Waals surface area contributed by atoms with Crippen molar-refractivity contribution < 1.29 is 155 Å². The predicted molar refractivity (Wildman–Crippen MR) is 311 cm³/mol. The number of ether oxygens (including phenoxy) is 13. The van der Waals surface area contributed by atoms with Crippen molar-refractivity contribution in [3.63, 3.8) is 0 Å². The smallest absolute Gasteiger partial charge is 0.394 e. The zero-order valence-corrected chi connectivity index (χ0v) is 54.6. The normalized spacial score (nSPS) is 53.4. The van der Waals surface area contributed by atoms with Gasteiger partial charge in [-0.1, -0.05) is 39.3 Å². The lowest BCUT2D eigenvalue weighted by Gasteiger charge is -2.58. The molecule has 0 aromatic carbocycles. The first-order valence-corrected chi connectivity index (χ1v) is 34.5. The summed E-state index contributed by atoms with van der Waals surface area (Å²) in [5, 5.41) is 169. The lowest BCUT2D eigenvalue weighted by atomic mass is 9.49. The van der Waals surface area contributed by atoms with Gasteiger partial charge in [0.1, 0.15) is 122 Å². The van der Waals surface area contributed by atoms with Crippen LogP contribution in [0.4, 0.5) is 0 Å². The Hall–Kier alpha value is -1.51. The molecule has 40 atom stereocenters. The molecule has 4 aliphatic carbocycles. The van der Waals surface area contributed by atoms with Crippen LogP contribution in [0.1, 0.15) is 100 Å². The van der Waals surface area contributed by atoms with E-state index in [0.29, 0.717) is 25.2 Å². The topological polar surface area (TPSA) is 490 Å². The first kappa shape index (κ1) is 73.7. The first-order valence-electron chi connectivity index (χ1n) is 33.1. The van der Waals surface area contributed by atoms with Crippen LogP contribution in [0.15, 0.2) is 11.6 Å². The SMILES string of the molecule is CC1OC(OC2C(CO)OC(OC3COC(OC4C(O)C(C)OC(O[C@H]5CC6C(=CCC7C6CC[C@@H]7[C@@](C)(O)[C@@H]6O[C@H]6[C@@H](C)C(C)C)[C@@]6(C)CC[C@H](OS(=O)(=O)O)CC56)C4O)C(OC4OC(C)C(O)C(O)C4O)C3O)C(OC3OCC(O)C(O)C3O)C2O)C(O)C(O)C1O. The van der Waals surface area contributed by atoms with E-state index >= 15 is 0 Å². The summed E-state index contributed by atoms with van der Waals surface area (Å²) in [6, 6.07) is 0. The first-order chi connectivity index (χ1) is 44.1. The summed E-state index contributed by atoms with van der Waals surface area (Å²) in [6.45, 7) is 12.3. The van der Waals surface area contributed by atoms with Crippen molar-refractivity contribution >= 4 is 10.4 Å². The molecule has 0 aromatic heterocycles. The number of fused-ring (bicyclic) bond motifs is 5. The fourth-order valence-electron chi connectivity index (χ4n) is 16.9. The molecule has 7 heterocycles. The number of aliphatic hydroxyl groups excluding tert-OH is 14. The highest BCUT2D eigenvalue weighted by Crippen LogP contribution is 2.64. The van der Waals surface area contributed by atoms with E-state index in [1.807, 2.05) is 6.92 Å². The molecule has 32 nitrogen and oxygen atoms in total. The highest BCUT2D eigenvalue weighted by molar-refractivity contribution is 7.80. The number of aliphatic hydroxyl groups is 15. The highest BCUT2D eigenvalue weighted by atomic mass is 32.3. The Morgan fingerprint density at radius 2 is 1.13 bits per heavy atom. The van der Waals surface area contributed by atoms with Gasteiger partial charge in [0.15, 0.2) is 37.7 Å². The van der Waals surface area contributed by atoms with E-state index in [2.05, 4.69) is 33.8 Å². The van der Waals surface area contributed by atoms with Gasteiger partial charge in [0.2, 0.25) is 0 Å². The maximum absolute atomic E-state index is 12.5. The van der Waals surface area contributed by atoms with E-state index in [-0.39, 0.29) is 54.6 Å². The molecule has 0 amide bonds. The van der Waals surface area contributed by atoms with Crippen LogP contribution in [-0.4, -0.2) is 311 Å². The molecule has 11 rings (SSSR count). The van der Waals surface area contributed by atoms with Crippen LogP contribution in [0.3, 0.4) is 0 Å². The second-order valence-corrected chi connectivity index (χ2v) is 30.1. The van der Waals surface area contributed by atoms with Crippen molar-refractivity contribution in [3.8, 4) is 0 Å². The zero-order valence-electron chi connectivity index (χ0n) is 53.8. The number of hydrogen-bond acceptors (Lipinski definition) is 31. The third-order valence-electron chi connectivity index (χ3n) is 22.8. The number of rotatable bonds is 19. The maximum Gasteiger partial charge on any atom is 0.397 e. The molecule has 542 valence electrons. The van der Waals surface area contributed by atoms with Crippen LogP contribution < -0.4 is 0 Å². The fourth-order valence-corrected chi connectivity index (χ4v) is 17.4. The standard InChI is InChI=1S/C61H100O32S/c1-20(2)21(3)48-53(88-48)61(8,76)30-12-9-26-27(30)10-11-29-28(26)16-33(31-15-25(93-94(77,78)79)13-14-60(29,31)7)85-57-47(75)50(38(66)24(6)84-57)90-58-51(92-56-45(73)42(70)37(65)23(5)83-56)40(68)35(19-81-58)87-59-52(91-54-43(71)39(67)32(63)18-80-54)46(74)49(34(17-62)86-59)89-55-44(72)41(69)36(64)22(4)82-55/h11,20-28,30-59,62-76H,9-10,12-19H2,1-8H3,(H,77,78,79)/t21-,22?,23?,24?,25-,26?,27?,28?,30-,31?,32?,33-,34?,35?,36?,37?,38?,39?,40?,41?,42?,43?,44?,45?,46?,47?,48-,49?,50?,51?,52?,53+,54?,55?,56?,57?,58?,59?,60+,61+/m0/s1. The highest BCUT2D eigenvalue weighted by Gasteiger charge is 2.65. The summed E-state index contributed by atoms with van der Waals surface area (Å²) in [4.78, 5) is 0. The predicted octanol–water partition coefficient (Wildman–Crippen LogP) is -4.55. The van der Waals surface area contributed by atoms with Crippen molar-refractivity contribution in [1.29, 1.82) is 0 Å². The van der Waals surface area contributed by atoms with Crippen LogP contribution in [0.5, 0.6) is 0 Å². The molecule has 11 aliphatic rings. The van der Waals surface area contributed by atoms with Crippen molar-refractivity contribution in [1.82, 2.24) is 0 Å². The molecule has 3 saturated carbocycles. The van der Waals surface area contributed by atoms with Crippen molar-refractivity contribution in [2.45, 2.75) is 302 Å². The van der Waals surface area contributed by atoms with E-state index < -0.39 is 231 Å². The van der Waals surface area contributed by atoms with Crippen LogP contribution in [0.25, 0.3) is 0 Å². The van der Waals surface area contributed by atoms with Gasteiger partial charge in [0.25, 0.3) is 0 Å². The molecule has 0 radical (unpaired) electrons. The summed E-state index contributed by atoms with van der Waals surface area (Å²) >= 11 is 0. The summed E-state index contributed by atoms with van der Waals surface area (Å²) in [6.07, 6.45) is -45.7. The molecule has 7 saturated heterocycles. The molecule has 0 bridgehead atoms. The molecule has 0 aromatic rings. The van der Waals surface area contributed by atoms with Gasteiger partial charge in [-0.2, -0.15) is 8.42 Å². The maximum atomic E-state index is 12.5. The van der Waals surface area contributed by atoms with Crippen LogP contribution in [-0.2, 0) is 76.2 Å². The Labute approximate surface area is 544 Å². The second-order valence-electron chi connectivity index (χ2n) is 29.0. The minimum Gasteiger partial charge on any atom is -0.394 e. The van der Waals surface area contributed by atoms with E-state index in [9.17, 15) is 89.6 Å². The fraction of sp³-hybridized carbons (Fsp3) is 0.967. The summed E-state index contributed by atoms with van der Waals surface area (Å²) in [5.74, 6) is 0.0617. The molecule has 94 heavy (non-hydrogen) atoms. The van der Waals surface area contributed by atoms with Gasteiger partial charge < -0.3 is 138 Å². The zero-order chi connectivity index (χ0) is 68.3. The van der Waals surface area contributed by atoms with Gasteiger partial charge in [-0.15, -0.1) is 0 Å². The number of allylic oxidation sites excluding steroid dienone is 2. The number of epoxide rings is 1. The Bertz CT molecular complexity index is 2680. The third-order valence-corrected chi connectivity index (χ3v) is 23.4. The molecule has 32 unspecified atom stereocenters. The van der Waals surface area contributed by atoms with Crippen molar-refractivity contribution in [2.24, 2.45) is 46.8 Å². The molecular formula is C61H100O32S. The second kappa shape index (κ2) is 28.7. The largest absolute Gasteiger partial charge is 0.397 e. The van der Waals surface area contributed by atoms with Crippen molar-refractivity contribution in [3.05, 3.63) is 11.6 Å². The van der Waals surface area contributed by atoms with Gasteiger partial charge >= 0.3 is 10.4 Å². The molecule has 16 N–H and O–H groups in total. The lowest BCUT2D eigenvalue weighted by Crippen LogP contribution is -2.68. The summed E-state index contributed by atoms with van der Waals surface area (Å²) in [5.41, 5.74) is -0.562. The van der Waals surface area contributed by atoms with Crippen molar-refractivity contribution in [2.75, 3.05) is 19.8 Å². The van der Waals surface area contributed by atoms with E-state index in [0.717, 1.165) is 12.8 Å². The van der Waals surface area contributed by atoms with Crippen LogP contribution in [0.2, 0.25) is 0 Å². The molecule has 33 heteroatoms. The van der Waals surface area contributed by atoms with Gasteiger partial charge in [-0.3, -0.25) is 4.55 Å². The Morgan fingerprint density at radius 3 is 1.74 bits per heavy atom. The third kappa shape index (κ3) is 14.3. The van der Waals surface area contributed by atoms with Gasteiger partial charge in [0, 0.05) is 0 Å². The Kier molecular flexibility index (Phi) is 22.5. The molecule has 0 spiro atoms. The van der Waals surface area contributed by atoms with Gasteiger partial charge in [-0.25, -0.2) is 4.18 Å². The molecule has 10 fully saturated rings. The minimum absolute atomic E-state index is 0.0716. The van der Waals surface area contributed by atoms with E-state index in [4.69, 9.17) is 65.8 Å². The van der Waals surface area contributed by atoms with Crippen LogP contribution >= 0.6 is 0 Å². The summed E-state index contributed by atoms with van der Waals surface area (Å²) < 4.78 is 119. The monoisotopic (exact) mass is 1380 g/mol. The van der Waals surface area contributed by atoms with E-state index in [1.165, 1.54) is 26.3 Å². The van der Waals surface area contributed by atoms with Gasteiger partial charge in [-0.05, 0) is 119 Å². The quantitative estimate of drug-likeness (QED) is 0.0329. The Morgan fingerprint density at radius 1 is 0.574 bits per heavy atom. The molecule has 7 aliphatic heterocycles. The average molecular weight is 1380 g/mol. The summed E-state index contributed by atoms with van der Waals surface area (Å²) in [7, 11) is -4.89. The molecular weight excluding hydrogens is 1280 g/mol. The van der Waals surface area contributed by atoms with Gasteiger partial charge in [0.05, 0.1) is 62.0 Å².